The summed E-state index contributed by atoms with van der Waals surface area (Å²) in [5, 5.41) is 18.7. The molecule has 3 aromatic heterocycles. The number of amides is 1. The van der Waals surface area contributed by atoms with E-state index in [-0.39, 0.29) is 5.91 Å². The number of ether oxygens (including phenoxy) is 1. The number of anilines is 1. The Kier molecular flexibility index (Phi) is 9.38. The van der Waals surface area contributed by atoms with Gasteiger partial charge in [-0.15, -0.1) is 10.2 Å². The predicted molar refractivity (Wildman–Crippen MR) is 151 cm³/mol. The van der Waals surface area contributed by atoms with Crippen LogP contribution in [0.15, 0.2) is 61.3 Å². The molecule has 0 bridgehead atoms. The van der Waals surface area contributed by atoms with Crippen molar-refractivity contribution in [2.24, 2.45) is 0 Å². The van der Waals surface area contributed by atoms with Crippen LogP contribution in [0, 0.1) is 0 Å². The van der Waals surface area contributed by atoms with E-state index in [2.05, 4.69) is 48.0 Å². The molecule has 0 saturated carbocycles. The van der Waals surface area contributed by atoms with Gasteiger partial charge in [0.05, 0.1) is 19.8 Å². The van der Waals surface area contributed by atoms with Gasteiger partial charge in [0.25, 0.3) is 5.91 Å². The van der Waals surface area contributed by atoms with Gasteiger partial charge in [-0.1, -0.05) is 13.0 Å². The molecule has 1 aromatic carbocycles. The molecule has 1 amide bonds. The molecular formula is C29H35N9O2. The fourth-order valence-electron chi connectivity index (χ4n) is 4.77. The number of hydrogen-bond donors (Lipinski definition) is 3. The van der Waals surface area contributed by atoms with Crippen molar-refractivity contribution in [3.63, 3.8) is 0 Å². The highest BCUT2D eigenvalue weighted by molar-refractivity contribution is 5.95. The Bertz CT molecular complexity index is 1390. The minimum absolute atomic E-state index is 0.134. The van der Waals surface area contributed by atoms with Crippen LogP contribution in [0.1, 0.15) is 47.1 Å². The number of nitrogens with zero attached hydrogens (tertiary/aromatic N) is 6. The third kappa shape index (κ3) is 7.04. The summed E-state index contributed by atoms with van der Waals surface area (Å²) in [5.74, 6) is 1.28. The van der Waals surface area contributed by atoms with Gasteiger partial charge in [-0.3, -0.25) is 9.78 Å². The first-order valence-electron chi connectivity index (χ1n) is 13.7. The lowest BCUT2D eigenvalue weighted by molar-refractivity contribution is 0.0951. The van der Waals surface area contributed by atoms with Crippen molar-refractivity contribution in [1.29, 1.82) is 0 Å². The molecule has 1 aliphatic rings. The molecule has 11 nitrogen and oxygen atoms in total. The molecule has 0 aliphatic carbocycles. The Morgan fingerprint density at radius 3 is 2.88 bits per heavy atom. The molecule has 0 spiro atoms. The lowest BCUT2D eigenvalue weighted by atomic mass is 10.1. The molecule has 11 heteroatoms. The molecule has 1 fully saturated rings. The highest BCUT2D eigenvalue weighted by Crippen LogP contribution is 2.18. The number of aromatic nitrogens is 6. The number of carbonyl (C=O) groups is 1. The second kappa shape index (κ2) is 13.7. The zero-order chi connectivity index (χ0) is 27.6. The van der Waals surface area contributed by atoms with E-state index in [1.54, 1.807) is 18.5 Å². The summed E-state index contributed by atoms with van der Waals surface area (Å²) in [6.45, 7) is 5.83. The van der Waals surface area contributed by atoms with Gasteiger partial charge in [-0.2, -0.15) is 0 Å². The van der Waals surface area contributed by atoms with Crippen molar-refractivity contribution in [1.82, 2.24) is 40.3 Å². The predicted octanol–water partition coefficient (Wildman–Crippen LogP) is 3.00. The third-order valence-corrected chi connectivity index (χ3v) is 6.98. The Morgan fingerprint density at radius 1 is 1.12 bits per heavy atom. The van der Waals surface area contributed by atoms with Crippen LogP contribution in [0.4, 0.5) is 5.69 Å². The number of hydrogen-bond acceptors (Lipinski definition) is 9. The lowest BCUT2D eigenvalue weighted by Gasteiger charge is -2.14. The molecule has 40 heavy (non-hydrogen) atoms. The highest BCUT2D eigenvalue weighted by atomic mass is 16.5. The molecule has 4 heterocycles. The maximum Gasteiger partial charge on any atom is 0.251 e. The summed E-state index contributed by atoms with van der Waals surface area (Å²) in [6, 6.07) is 11.6. The Labute approximate surface area is 233 Å². The third-order valence-electron chi connectivity index (χ3n) is 6.98. The average Bonchev–Trinajstić information content (AvgIpc) is 3.68. The zero-order valence-corrected chi connectivity index (χ0v) is 22.7. The normalized spacial score (nSPS) is 14.8. The monoisotopic (exact) mass is 541 g/mol. The van der Waals surface area contributed by atoms with Gasteiger partial charge in [0.2, 0.25) is 0 Å². The molecule has 0 unspecified atom stereocenters. The van der Waals surface area contributed by atoms with Crippen LogP contribution in [-0.4, -0.2) is 61.4 Å². The van der Waals surface area contributed by atoms with Crippen LogP contribution in [0.5, 0.6) is 0 Å². The van der Waals surface area contributed by atoms with Crippen LogP contribution < -0.4 is 16.0 Å². The van der Waals surface area contributed by atoms with Crippen molar-refractivity contribution in [3.8, 4) is 11.5 Å². The molecule has 4 aromatic rings. The molecule has 1 aliphatic heterocycles. The highest BCUT2D eigenvalue weighted by Gasteiger charge is 2.17. The summed E-state index contributed by atoms with van der Waals surface area (Å²) in [7, 11) is 0. The largest absolute Gasteiger partial charge is 0.378 e. The van der Waals surface area contributed by atoms with E-state index in [1.807, 2.05) is 41.1 Å². The van der Waals surface area contributed by atoms with Crippen LogP contribution in [0.3, 0.4) is 0 Å². The van der Waals surface area contributed by atoms with Crippen LogP contribution in [0.2, 0.25) is 0 Å². The van der Waals surface area contributed by atoms with Crippen LogP contribution in [0.25, 0.3) is 11.5 Å². The number of pyridine rings is 1. The number of rotatable bonds is 13. The Morgan fingerprint density at radius 2 is 2.05 bits per heavy atom. The molecule has 1 atom stereocenters. The quantitative estimate of drug-likeness (QED) is 0.219. The van der Waals surface area contributed by atoms with E-state index in [0.29, 0.717) is 56.0 Å². The van der Waals surface area contributed by atoms with Crippen molar-refractivity contribution >= 4 is 11.6 Å². The summed E-state index contributed by atoms with van der Waals surface area (Å²) >= 11 is 0. The van der Waals surface area contributed by atoms with Gasteiger partial charge in [0.1, 0.15) is 12.0 Å². The van der Waals surface area contributed by atoms with Gasteiger partial charge in [0, 0.05) is 49.0 Å². The number of carbonyl (C=O) groups excluding carboxylic acids is 1. The summed E-state index contributed by atoms with van der Waals surface area (Å²) < 4.78 is 7.99. The van der Waals surface area contributed by atoms with E-state index < -0.39 is 0 Å². The fraction of sp³-hybridized carbons (Fsp3) is 0.379. The molecular weight excluding hydrogens is 506 g/mol. The van der Waals surface area contributed by atoms with Crippen molar-refractivity contribution in [2.45, 2.75) is 51.9 Å². The minimum Gasteiger partial charge on any atom is -0.378 e. The van der Waals surface area contributed by atoms with Gasteiger partial charge < -0.3 is 25.3 Å². The summed E-state index contributed by atoms with van der Waals surface area (Å²) in [6.07, 6.45) is 10.00. The second-order valence-electron chi connectivity index (χ2n) is 9.67. The van der Waals surface area contributed by atoms with Crippen molar-refractivity contribution < 1.29 is 9.53 Å². The first kappa shape index (κ1) is 27.4. The second-order valence-corrected chi connectivity index (χ2v) is 9.67. The topological polar surface area (TPSA) is 132 Å². The lowest BCUT2D eigenvalue weighted by Crippen LogP contribution is -2.27. The molecule has 5 rings (SSSR count). The van der Waals surface area contributed by atoms with Crippen molar-refractivity contribution in [2.75, 3.05) is 25.1 Å². The van der Waals surface area contributed by atoms with Crippen LogP contribution >= 0.6 is 0 Å². The van der Waals surface area contributed by atoms with E-state index in [4.69, 9.17) is 4.74 Å². The maximum absolute atomic E-state index is 12.9. The van der Waals surface area contributed by atoms with Gasteiger partial charge in [-0.05, 0) is 67.3 Å². The smallest absolute Gasteiger partial charge is 0.251 e. The van der Waals surface area contributed by atoms with E-state index in [9.17, 15) is 4.79 Å². The Hall–Kier alpha value is -4.22. The molecule has 3 N–H and O–H groups in total. The number of nitrogens with one attached hydrogen (secondary N) is 3. The molecule has 208 valence electrons. The minimum atomic E-state index is -0.134. The first-order chi connectivity index (χ1) is 19.7. The first-order valence-corrected chi connectivity index (χ1v) is 13.7. The number of benzene rings is 1. The number of aryl methyl sites for hydroxylation is 1. The molecule has 0 radical (unpaired) electrons. The summed E-state index contributed by atoms with van der Waals surface area (Å²) in [5.41, 5.74) is 4.29. The van der Waals surface area contributed by atoms with E-state index >= 15 is 0 Å². The standard InChI is InChI=1S/C29H35N9O2/c1-2-21-16-30-11-8-23(21)17-34-29(39)22-5-3-6-24(15-22)33-18-27-36-37-28(26-9-12-31-20-35-26)38(27)13-14-40-19-25-7-4-10-32-25/h3,5-6,8-9,11-12,15-16,20,25,32-33H,2,4,7,10,13-14,17-19H2,1H3,(H,34,39)/t25-/m1/s1. The van der Waals surface area contributed by atoms with Crippen LogP contribution in [-0.2, 0) is 30.8 Å². The summed E-state index contributed by atoms with van der Waals surface area (Å²) in [4.78, 5) is 25.4. The zero-order valence-electron chi connectivity index (χ0n) is 22.7. The maximum atomic E-state index is 12.9. The van der Waals surface area contributed by atoms with E-state index in [0.717, 1.165) is 42.0 Å². The SMILES string of the molecule is CCc1cnccc1CNC(=O)c1cccc(NCc2nnc(-c3ccncn3)n2CCOC[C@H]2CCCN2)c1. The van der Waals surface area contributed by atoms with Gasteiger partial charge in [0.15, 0.2) is 11.6 Å². The van der Waals surface area contributed by atoms with Gasteiger partial charge in [-0.25, -0.2) is 9.97 Å². The Balaban J connectivity index is 1.23. The van der Waals surface area contributed by atoms with Crippen molar-refractivity contribution in [3.05, 3.63) is 83.8 Å². The average molecular weight is 542 g/mol. The van der Waals surface area contributed by atoms with Gasteiger partial charge >= 0.3 is 0 Å². The van der Waals surface area contributed by atoms with E-state index in [1.165, 1.54) is 12.7 Å². The molecule has 1 saturated heterocycles. The fourth-order valence-corrected chi connectivity index (χ4v) is 4.77.